The van der Waals surface area contributed by atoms with Gasteiger partial charge in [-0.1, -0.05) is 12.1 Å². The van der Waals surface area contributed by atoms with Crippen LogP contribution < -0.4 is 14.3 Å². The zero-order valence-electron chi connectivity index (χ0n) is 17.6. The van der Waals surface area contributed by atoms with Crippen LogP contribution in [0.25, 0.3) is 0 Å². The van der Waals surface area contributed by atoms with Crippen molar-refractivity contribution in [2.24, 2.45) is 0 Å². The summed E-state index contributed by atoms with van der Waals surface area (Å²) >= 11 is 0. The summed E-state index contributed by atoms with van der Waals surface area (Å²) in [6.45, 7) is 4.68. The fourth-order valence-corrected chi connectivity index (χ4v) is 4.55. The molecule has 1 fully saturated rings. The third kappa shape index (κ3) is 8.56. The molecule has 1 heterocycles. The van der Waals surface area contributed by atoms with Crippen LogP contribution in [0.4, 0.5) is 17.1 Å². The number of anilines is 3. The van der Waals surface area contributed by atoms with Crippen molar-refractivity contribution >= 4 is 49.5 Å². The average Bonchev–Trinajstić information content (AvgIpc) is 2.66. The Morgan fingerprint density at radius 2 is 1.19 bits per heavy atom. The summed E-state index contributed by atoms with van der Waals surface area (Å²) in [5.74, 6) is 0. The summed E-state index contributed by atoms with van der Waals surface area (Å²) in [5, 5.41) is 0. The van der Waals surface area contributed by atoms with E-state index in [0.717, 1.165) is 57.3 Å². The maximum atomic E-state index is 11.3. The van der Waals surface area contributed by atoms with Gasteiger partial charge in [-0.3, -0.25) is 14.3 Å². The Morgan fingerprint density at radius 3 is 1.65 bits per heavy atom. The molecule has 8 nitrogen and oxygen atoms in total. The van der Waals surface area contributed by atoms with Gasteiger partial charge in [0.15, 0.2) is 0 Å². The van der Waals surface area contributed by atoms with Gasteiger partial charge >= 0.3 is 0 Å². The molecule has 2 aromatic carbocycles. The summed E-state index contributed by atoms with van der Waals surface area (Å²) in [6, 6.07) is 14.9. The van der Waals surface area contributed by atoms with Crippen LogP contribution in [0, 0.1) is 0 Å². The smallest absolute Gasteiger partial charge is 0.229 e. The van der Waals surface area contributed by atoms with Crippen molar-refractivity contribution in [1.82, 2.24) is 4.90 Å². The second-order valence-electron chi connectivity index (χ2n) is 7.57. The highest BCUT2D eigenvalue weighted by Crippen LogP contribution is 2.20. The van der Waals surface area contributed by atoms with Crippen molar-refractivity contribution in [3.05, 3.63) is 54.1 Å². The molecule has 2 aromatic rings. The van der Waals surface area contributed by atoms with Gasteiger partial charge in [0.05, 0.1) is 12.5 Å². The van der Waals surface area contributed by atoms with E-state index in [-0.39, 0.29) is 12.4 Å². The number of piperazine rings is 1. The molecule has 0 amide bonds. The second-order valence-corrected chi connectivity index (χ2v) is 11.1. The Balaban J connectivity index is 0.00000341. The molecule has 0 aromatic heterocycles. The molecule has 0 unspecified atom stereocenters. The Bertz CT molecular complexity index is 1050. The molecule has 0 bridgehead atoms. The third-order valence-electron chi connectivity index (χ3n) is 4.88. The van der Waals surface area contributed by atoms with Crippen LogP contribution in [0.15, 0.2) is 48.5 Å². The predicted octanol–water partition coefficient (Wildman–Crippen LogP) is 2.22. The Morgan fingerprint density at radius 1 is 0.742 bits per heavy atom. The van der Waals surface area contributed by atoms with E-state index in [1.54, 1.807) is 24.3 Å². The topological polar surface area (TPSA) is 98.8 Å². The standard InChI is InChI=1S/C20H28N4O4S2.ClH/c1-29(25,26)21-18-5-3-17(4-6-18)11-12-23-13-15-24(16-14-23)20-9-7-19(8-10-20)22-30(2,27)28;/h3-10,21-22H,11-16H2,1-2H3;1H. The van der Waals surface area contributed by atoms with Crippen molar-refractivity contribution in [2.75, 3.05) is 59.6 Å². The van der Waals surface area contributed by atoms with Gasteiger partial charge in [-0.05, 0) is 48.4 Å². The second kappa shape index (κ2) is 10.5. The van der Waals surface area contributed by atoms with Crippen LogP contribution in [0.3, 0.4) is 0 Å². The van der Waals surface area contributed by atoms with Crippen LogP contribution in [-0.4, -0.2) is 67.0 Å². The summed E-state index contributed by atoms with van der Waals surface area (Å²) < 4.78 is 50.1. The van der Waals surface area contributed by atoms with Crippen LogP contribution in [0.2, 0.25) is 0 Å². The maximum absolute atomic E-state index is 11.3. The van der Waals surface area contributed by atoms with Crippen LogP contribution in [0.5, 0.6) is 0 Å². The van der Waals surface area contributed by atoms with E-state index in [9.17, 15) is 16.8 Å². The molecular weight excluding hydrogens is 460 g/mol. The fourth-order valence-electron chi connectivity index (χ4n) is 3.42. The number of rotatable bonds is 8. The monoisotopic (exact) mass is 488 g/mol. The zero-order chi connectivity index (χ0) is 21.8. The lowest BCUT2D eigenvalue weighted by atomic mass is 10.1. The zero-order valence-corrected chi connectivity index (χ0v) is 20.1. The Kier molecular flexibility index (Phi) is 8.58. The van der Waals surface area contributed by atoms with E-state index in [0.29, 0.717) is 11.4 Å². The largest absolute Gasteiger partial charge is 0.369 e. The lowest BCUT2D eigenvalue weighted by Gasteiger charge is -2.36. The third-order valence-corrected chi connectivity index (χ3v) is 6.09. The number of hydrogen-bond acceptors (Lipinski definition) is 6. The van der Waals surface area contributed by atoms with Gasteiger partial charge in [0.2, 0.25) is 20.0 Å². The van der Waals surface area contributed by atoms with Gasteiger partial charge in [-0.25, -0.2) is 16.8 Å². The summed E-state index contributed by atoms with van der Waals surface area (Å²) in [7, 11) is -6.51. The minimum Gasteiger partial charge on any atom is -0.369 e. The molecule has 172 valence electrons. The van der Waals surface area contributed by atoms with Gasteiger partial charge in [-0.15, -0.1) is 12.4 Å². The highest BCUT2D eigenvalue weighted by molar-refractivity contribution is 7.92. The number of benzene rings is 2. The quantitative estimate of drug-likeness (QED) is 0.591. The fraction of sp³-hybridized carbons (Fsp3) is 0.400. The molecule has 11 heteroatoms. The Hall–Kier alpha value is -2.01. The van der Waals surface area contributed by atoms with Gasteiger partial charge in [0.1, 0.15) is 0 Å². The number of nitrogens with zero attached hydrogens (tertiary/aromatic N) is 2. The molecule has 1 aliphatic heterocycles. The summed E-state index contributed by atoms with van der Waals surface area (Å²) in [6.07, 6.45) is 3.19. The molecule has 31 heavy (non-hydrogen) atoms. The molecule has 3 rings (SSSR count). The minimum absolute atomic E-state index is 0. The first-order valence-electron chi connectivity index (χ1n) is 9.69. The van der Waals surface area contributed by atoms with Gasteiger partial charge < -0.3 is 4.90 Å². The van der Waals surface area contributed by atoms with Crippen LogP contribution in [-0.2, 0) is 26.5 Å². The number of halogens is 1. The molecule has 2 N–H and O–H groups in total. The van der Waals surface area contributed by atoms with Crippen LogP contribution >= 0.6 is 12.4 Å². The molecule has 0 atom stereocenters. The average molecular weight is 489 g/mol. The van der Waals surface area contributed by atoms with E-state index in [1.165, 1.54) is 5.56 Å². The van der Waals surface area contributed by atoms with Crippen molar-refractivity contribution < 1.29 is 16.8 Å². The Labute approximate surface area is 191 Å². The van der Waals surface area contributed by atoms with Crippen molar-refractivity contribution in [3.8, 4) is 0 Å². The van der Waals surface area contributed by atoms with E-state index < -0.39 is 20.0 Å². The molecule has 0 radical (unpaired) electrons. The number of nitrogens with one attached hydrogen (secondary N) is 2. The van der Waals surface area contributed by atoms with E-state index in [1.807, 2.05) is 24.3 Å². The molecule has 0 spiro atoms. The van der Waals surface area contributed by atoms with Gasteiger partial charge in [0, 0.05) is 49.8 Å². The molecule has 0 saturated carbocycles. The van der Waals surface area contributed by atoms with E-state index >= 15 is 0 Å². The SMILES string of the molecule is CS(=O)(=O)Nc1ccc(CCN2CCN(c3ccc(NS(C)(=O)=O)cc3)CC2)cc1.Cl. The van der Waals surface area contributed by atoms with E-state index in [4.69, 9.17) is 0 Å². The molecule has 1 aliphatic rings. The summed E-state index contributed by atoms with van der Waals surface area (Å²) in [5.41, 5.74) is 3.40. The predicted molar refractivity (Wildman–Crippen MR) is 129 cm³/mol. The number of sulfonamides is 2. The van der Waals surface area contributed by atoms with Crippen molar-refractivity contribution in [3.63, 3.8) is 0 Å². The maximum Gasteiger partial charge on any atom is 0.229 e. The van der Waals surface area contributed by atoms with E-state index in [2.05, 4.69) is 19.2 Å². The summed E-state index contributed by atoms with van der Waals surface area (Å²) in [4.78, 5) is 4.71. The first kappa shape index (κ1) is 25.3. The van der Waals surface area contributed by atoms with Crippen molar-refractivity contribution in [1.29, 1.82) is 0 Å². The normalized spacial score (nSPS) is 15.2. The number of hydrogen-bond donors (Lipinski definition) is 2. The van der Waals surface area contributed by atoms with Crippen molar-refractivity contribution in [2.45, 2.75) is 6.42 Å². The minimum atomic E-state index is -3.26. The highest BCUT2D eigenvalue weighted by atomic mass is 35.5. The first-order valence-corrected chi connectivity index (χ1v) is 13.5. The van der Waals surface area contributed by atoms with Gasteiger partial charge in [0.25, 0.3) is 0 Å². The highest BCUT2D eigenvalue weighted by Gasteiger charge is 2.17. The van der Waals surface area contributed by atoms with Crippen LogP contribution in [0.1, 0.15) is 5.56 Å². The molecule has 1 saturated heterocycles. The lowest BCUT2D eigenvalue weighted by molar-refractivity contribution is 0.261. The van der Waals surface area contributed by atoms with Gasteiger partial charge in [-0.2, -0.15) is 0 Å². The lowest BCUT2D eigenvalue weighted by Crippen LogP contribution is -2.47. The first-order chi connectivity index (χ1) is 14.1. The molecular formula is C20H29ClN4O4S2. The molecule has 0 aliphatic carbocycles.